The molecule has 4 aromatic carbocycles. The highest BCUT2D eigenvalue weighted by molar-refractivity contribution is 6.21. The van der Waals surface area contributed by atoms with Crippen molar-refractivity contribution in [1.29, 1.82) is 0 Å². The highest BCUT2D eigenvalue weighted by Gasteiger charge is 2.16. The average Bonchev–Trinajstić information content (AvgIpc) is 3.23. The minimum atomic E-state index is 0.984. The standard InChI is InChI=1S/C30H19N3/c1-2-8-23-18-32-27(17-21(23)7-1)22-12-13-28-26(16-22)30-25-10-4-3-6-20(25)11-14-29(30)33(28)24-9-5-15-31-19-24/h1-19H. The second-order valence-corrected chi connectivity index (χ2v) is 8.38. The maximum absolute atomic E-state index is 4.77. The predicted octanol–water partition coefficient (Wildman–Crippen LogP) is 7.55. The summed E-state index contributed by atoms with van der Waals surface area (Å²) >= 11 is 0. The summed E-state index contributed by atoms with van der Waals surface area (Å²) in [4.78, 5) is 9.15. The molecule has 0 saturated carbocycles. The summed E-state index contributed by atoms with van der Waals surface area (Å²) in [5.41, 5.74) is 5.51. The van der Waals surface area contributed by atoms with Gasteiger partial charge in [-0.25, -0.2) is 0 Å². The van der Waals surface area contributed by atoms with Crippen LogP contribution in [-0.4, -0.2) is 14.5 Å². The van der Waals surface area contributed by atoms with Crippen LogP contribution in [0.3, 0.4) is 0 Å². The summed E-state index contributed by atoms with van der Waals surface area (Å²) in [5.74, 6) is 0. The van der Waals surface area contributed by atoms with Gasteiger partial charge in [-0.1, -0.05) is 60.7 Å². The van der Waals surface area contributed by atoms with Crippen LogP contribution in [-0.2, 0) is 0 Å². The molecule has 3 heteroatoms. The molecule has 7 rings (SSSR count). The van der Waals surface area contributed by atoms with Crippen molar-refractivity contribution in [3.8, 4) is 16.9 Å². The van der Waals surface area contributed by atoms with Gasteiger partial charge in [-0.05, 0) is 52.6 Å². The highest BCUT2D eigenvalue weighted by Crippen LogP contribution is 2.38. The molecule has 0 spiro atoms. The fourth-order valence-electron chi connectivity index (χ4n) is 4.96. The van der Waals surface area contributed by atoms with Crippen molar-refractivity contribution >= 4 is 43.4 Å². The lowest BCUT2D eigenvalue weighted by molar-refractivity contribution is 1.14. The molecule has 0 fully saturated rings. The van der Waals surface area contributed by atoms with Crippen molar-refractivity contribution < 1.29 is 0 Å². The summed E-state index contributed by atoms with van der Waals surface area (Å²) in [7, 11) is 0. The quantitative estimate of drug-likeness (QED) is 0.289. The van der Waals surface area contributed by atoms with Crippen LogP contribution in [0.1, 0.15) is 0 Å². The van der Waals surface area contributed by atoms with Gasteiger partial charge in [0.25, 0.3) is 0 Å². The van der Waals surface area contributed by atoms with E-state index >= 15 is 0 Å². The summed E-state index contributed by atoms with van der Waals surface area (Å²) in [6.07, 6.45) is 5.70. The zero-order chi connectivity index (χ0) is 21.8. The molecule has 0 aliphatic carbocycles. The van der Waals surface area contributed by atoms with Crippen molar-refractivity contribution in [2.24, 2.45) is 0 Å². The molecule has 0 radical (unpaired) electrons. The van der Waals surface area contributed by atoms with E-state index in [0.29, 0.717) is 0 Å². The first kappa shape index (κ1) is 18.1. The van der Waals surface area contributed by atoms with Gasteiger partial charge >= 0.3 is 0 Å². The Morgan fingerprint density at radius 2 is 1.39 bits per heavy atom. The Bertz CT molecular complexity index is 1810. The van der Waals surface area contributed by atoms with Crippen LogP contribution in [0.2, 0.25) is 0 Å². The fourth-order valence-corrected chi connectivity index (χ4v) is 4.96. The molecule has 3 nitrogen and oxygen atoms in total. The molecular weight excluding hydrogens is 402 g/mol. The molecule has 33 heavy (non-hydrogen) atoms. The van der Waals surface area contributed by atoms with Crippen LogP contribution in [0.25, 0.3) is 60.3 Å². The van der Waals surface area contributed by atoms with Gasteiger partial charge < -0.3 is 4.57 Å². The number of rotatable bonds is 2. The van der Waals surface area contributed by atoms with E-state index in [-0.39, 0.29) is 0 Å². The molecule has 0 atom stereocenters. The molecule has 3 aromatic heterocycles. The lowest BCUT2D eigenvalue weighted by Crippen LogP contribution is -1.94. The molecule has 0 N–H and O–H groups in total. The lowest BCUT2D eigenvalue weighted by atomic mass is 10.0. The van der Waals surface area contributed by atoms with E-state index in [1.165, 1.54) is 38.0 Å². The zero-order valence-electron chi connectivity index (χ0n) is 17.8. The summed E-state index contributed by atoms with van der Waals surface area (Å²) in [6.45, 7) is 0. The van der Waals surface area contributed by atoms with Gasteiger partial charge in [-0.3, -0.25) is 9.97 Å². The highest BCUT2D eigenvalue weighted by atomic mass is 15.0. The lowest BCUT2D eigenvalue weighted by Gasteiger charge is -2.08. The zero-order valence-corrected chi connectivity index (χ0v) is 17.8. The maximum atomic E-state index is 4.77. The van der Waals surface area contributed by atoms with Gasteiger partial charge in [-0.15, -0.1) is 0 Å². The van der Waals surface area contributed by atoms with Gasteiger partial charge in [0, 0.05) is 34.1 Å². The van der Waals surface area contributed by atoms with Crippen LogP contribution in [0, 0.1) is 0 Å². The predicted molar refractivity (Wildman–Crippen MR) is 137 cm³/mol. The normalized spacial score (nSPS) is 11.6. The molecule has 0 aliphatic heterocycles. The Morgan fingerprint density at radius 1 is 0.576 bits per heavy atom. The van der Waals surface area contributed by atoms with E-state index in [2.05, 4.69) is 94.5 Å². The first-order valence-electron chi connectivity index (χ1n) is 11.1. The molecule has 0 unspecified atom stereocenters. The van der Waals surface area contributed by atoms with E-state index in [9.17, 15) is 0 Å². The van der Waals surface area contributed by atoms with Crippen LogP contribution in [0.5, 0.6) is 0 Å². The van der Waals surface area contributed by atoms with E-state index in [4.69, 9.17) is 4.98 Å². The average molecular weight is 422 g/mol. The fraction of sp³-hybridized carbons (Fsp3) is 0. The molecule has 0 saturated heterocycles. The summed E-state index contributed by atoms with van der Waals surface area (Å²) < 4.78 is 2.31. The molecule has 0 bridgehead atoms. The van der Waals surface area contributed by atoms with Gasteiger partial charge in [-0.2, -0.15) is 0 Å². The number of pyridine rings is 2. The Hall–Kier alpha value is -4.50. The number of aromatic nitrogens is 3. The first-order chi connectivity index (χ1) is 16.4. The van der Waals surface area contributed by atoms with Crippen LogP contribution < -0.4 is 0 Å². The number of benzene rings is 4. The van der Waals surface area contributed by atoms with E-state index in [1.807, 2.05) is 30.7 Å². The SMILES string of the molecule is c1cncc(-n2c3ccc(-c4cc5ccccc5cn4)cc3c3c4ccccc4ccc32)c1. The Labute approximate surface area is 190 Å². The third-order valence-electron chi connectivity index (χ3n) is 6.49. The monoisotopic (exact) mass is 421 g/mol. The molecule has 7 aromatic rings. The van der Waals surface area contributed by atoms with Crippen molar-refractivity contribution in [3.05, 3.63) is 116 Å². The Balaban J connectivity index is 1.58. The van der Waals surface area contributed by atoms with Gasteiger partial charge in [0.05, 0.1) is 28.6 Å². The second-order valence-electron chi connectivity index (χ2n) is 8.38. The number of fused-ring (bicyclic) bond motifs is 6. The van der Waals surface area contributed by atoms with Crippen molar-refractivity contribution in [2.75, 3.05) is 0 Å². The first-order valence-corrected chi connectivity index (χ1v) is 11.1. The van der Waals surface area contributed by atoms with E-state index in [0.717, 1.165) is 22.3 Å². The maximum Gasteiger partial charge on any atom is 0.0708 e. The third-order valence-corrected chi connectivity index (χ3v) is 6.49. The number of hydrogen-bond donors (Lipinski definition) is 0. The molecule has 154 valence electrons. The number of hydrogen-bond acceptors (Lipinski definition) is 2. The minimum absolute atomic E-state index is 0.984. The largest absolute Gasteiger partial charge is 0.308 e. The van der Waals surface area contributed by atoms with Gasteiger partial charge in [0.2, 0.25) is 0 Å². The van der Waals surface area contributed by atoms with E-state index < -0.39 is 0 Å². The smallest absolute Gasteiger partial charge is 0.0708 e. The Kier molecular flexibility index (Phi) is 3.84. The minimum Gasteiger partial charge on any atom is -0.308 e. The topological polar surface area (TPSA) is 30.7 Å². The Morgan fingerprint density at radius 3 is 2.27 bits per heavy atom. The van der Waals surface area contributed by atoms with E-state index in [1.54, 1.807) is 0 Å². The molecule has 0 aliphatic rings. The number of nitrogens with zero attached hydrogens (tertiary/aromatic N) is 3. The second kappa shape index (κ2) is 7.01. The summed E-state index contributed by atoms with van der Waals surface area (Å²) in [6, 6.07) is 34.3. The van der Waals surface area contributed by atoms with Crippen LogP contribution in [0.15, 0.2) is 116 Å². The van der Waals surface area contributed by atoms with Crippen LogP contribution in [0.4, 0.5) is 0 Å². The van der Waals surface area contributed by atoms with Crippen LogP contribution >= 0.6 is 0 Å². The van der Waals surface area contributed by atoms with Gasteiger partial charge in [0.15, 0.2) is 0 Å². The molecular formula is C30H19N3. The van der Waals surface area contributed by atoms with Crippen molar-refractivity contribution in [2.45, 2.75) is 0 Å². The van der Waals surface area contributed by atoms with Gasteiger partial charge in [0.1, 0.15) is 0 Å². The molecule has 0 amide bonds. The molecule has 3 heterocycles. The van der Waals surface area contributed by atoms with Crippen molar-refractivity contribution in [3.63, 3.8) is 0 Å². The summed E-state index contributed by atoms with van der Waals surface area (Å²) in [5, 5.41) is 7.33. The third kappa shape index (κ3) is 2.76. The van der Waals surface area contributed by atoms with Crippen molar-refractivity contribution in [1.82, 2.24) is 14.5 Å².